The van der Waals surface area contributed by atoms with E-state index in [4.69, 9.17) is 5.21 Å². The maximum atomic E-state index is 13.6. The number of likely N-dealkylation sites (N-methyl/N-ethyl adjacent to an activating group) is 1. The van der Waals surface area contributed by atoms with Crippen molar-refractivity contribution in [2.75, 3.05) is 7.05 Å². The third-order valence-electron chi connectivity index (χ3n) is 2.69. The van der Waals surface area contributed by atoms with Gasteiger partial charge in [0.1, 0.15) is 11.5 Å². The molecule has 0 saturated heterocycles. The predicted molar refractivity (Wildman–Crippen MR) is 69.2 cm³/mol. The van der Waals surface area contributed by atoms with Crippen LogP contribution in [0, 0.1) is 17.5 Å². The van der Waals surface area contributed by atoms with Gasteiger partial charge in [0, 0.05) is 37.7 Å². The molecule has 0 unspecified atom stereocenters. The molecule has 1 aromatic heterocycles. The summed E-state index contributed by atoms with van der Waals surface area (Å²) < 4.78 is 41.2. The topological polar surface area (TPSA) is 45.5 Å². The predicted octanol–water partition coefficient (Wildman–Crippen LogP) is 2.76. The van der Waals surface area contributed by atoms with E-state index in [1.807, 2.05) is 0 Å². The van der Waals surface area contributed by atoms with Crippen molar-refractivity contribution in [3.63, 3.8) is 0 Å². The number of hydrogen-bond donors (Lipinski definition) is 1. The second kappa shape index (κ2) is 5.84. The second-order valence-electron chi connectivity index (χ2n) is 4.27. The summed E-state index contributed by atoms with van der Waals surface area (Å²) in [7, 11) is 1.17. The summed E-state index contributed by atoms with van der Waals surface area (Å²) in [6.07, 6.45) is 5.19. The number of amides is 1. The lowest BCUT2D eigenvalue weighted by Gasteiger charge is -2.06. The minimum atomic E-state index is -1.04. The van der Waals surface area contributed by atoms with Gasteiger partial charge < -0.3 is 4.57 Å². The lowest BCUT2D eigenvalue weighted by Crippen LogP contribution is -2.19. The summed E-state index contributed by atoms with van der Waals surface area (Å²) in [4.78, 5) is 11.2. The van der Waals surface area contributed by atoms with E-state index in [1.165, 1.54) is 31.6 Å². The van der Waals surface area contributed by atoms with E-state index < -0.39 is 29.0 Å². The Labute approximate surface area is 118 Å². The molecule has 0 saturated carbocycles. The van der Waals surface area contributed by atoms with Crippen molar-refractivity contribution < 1.29 is 23.2 Å². The van der Waals surface area contributed by atoms with E-state index in [-0.39, 0.29) is 0 Å². The van der Waals surface area contributed by atoms with E-state index in [2.05, 4.69) is 0 Å². The van der Waals surface area contributed by atoms with Gasteiger partial charge in [0.2, 0.25) is 0 Å². The van der Waals surface area contributed by atoms with Crippen molar-refractivity contribution >= 4 is 12.0 Å². The van der Waals surface area contributed by atoms with Gasteiger partial charge in [-0.15, -0.1) is 0 Å². The summed E-state index contributed by atoms with van der Waals surface area (Å²) >= 11 is 0. The highest BCUT2D eigenvalue weighted by Crippen LogP contribution is 2.20. The fraction of sp³-hybridized carbons (Fsp3) is 0.0714. The molecule has 0 bridgehead atoms. The van der Waals surface area contributed by atoms with Crippen LogP contribution in [-0.2, 0) is 4.79 Å². The molecule has 0 atom stereocenters. The summed E-state index contributed by atoms with van der Waals surface area (Å²) in [5, 5.41) is 9.27. The van der Waals surface area contributed by atoms with Crippen LogP contribution in [-0.4, -0.2) is 27.8 Å². The maximum absolute atomic E-state index is 13.6. The number of hydrogen-bond acceptors (Lipinski definition) is 2. The first-order valence-corrected chi connectivity index (χ1v) is 5.86. The van der Waals surface area contributed by atoms with Gasteiger partial charge in [-0.05, 0) is 17.7 Å². The number of carbonyl (C=O) groups is 1. The molecule has 21 heavy (non-hydrogen) atoms. The Morgan fingerprint density at radius 2 is 1.90 bits per heavy atom. The Hall–Kier alpha value is -2.54. The highest BCUT2D eigenvalue weighted by atomic mass is 19.1. The van der Waals surface area contributed by atoms with E-state index >= 15 is 0 Å². The summed E-state index contributed by atoms with van der Waals surface area (Å²) in [5.41, 5.74) is 0.0648. The van der Waals surface area contributed by atoms with Gasteiger partial charge in [0.15, 0.2) is 11.6 Å². The number of halogens is 3. The zero-order chi connectivity index (χ0) is 15.6. The Kier molecular flexibility index (Phi) is 4.13. The van der Waals surface area contributed by atoms with Gasteiger partial charge in [-0.3, -0.25) is 10.0 Å². The third-order valence-corrected chi connectivity index (χ3v) is 2.69. The fourth-order valence-corrected chi connectivity index (χ4v) is 1.71. The molecule has 1 aromatic carbocycles. The Morgan fingerprint density at radius 1 is 1.29 bits per heavy atom. The van der Waals surface area contributed by atoms with Gasteiger partial charge in [-0.1, -0.05) is 0 Å². The molecule has 1 N–H and O–H groups in total. The Balaban J connectivity index is 2.31. The summed E-state index contributed by atoms with van der Waals surface area (Å²) in [5.74, 6) is -3.73. The van der Waals surface area contributed by atoms with E-state index in [9.17, 15) is 18.0 Å². The number of aromatic nitrogens is 1. The smallest absolute Gasteiger partial charge is 0.269 e. The lowest BCUT2D eigenvalue weighted by atomic mass is 10.2. The molecule has 0 aliphatic rings. The Bertz CT molecular complexity index is 685. The molecule has 0 aliphatic heterocycles. The van der Waals surface area contributed by atoms with Crippen LogP contribution in [0.3, 0.4) is 0 Å². The van der Waals surface area contributed by atoms with Gasteiger partial charge >= 0.3 is 0 Å². The molecular formula is C14H11F3N2O2. The molecule has 1 amide bonds. The molecule has 110 valence electrons. The first-order chi connectivity index (χ1) is 9.88. The van der Waals surface area contributed by atoms with E-state index in [1.54, 1.807) is 0 Å². The fourth-order valence-electron chi connectivity index (χ4n) is 1.71. The van der Waals surface area contributed by atoms with Gasteiger partial charge in [-0.2, -0.15) is 0 Å². The minimum Gasteiger partial charge on any atom is -0.318 e. The van der Waals surface area contributed by atoms with E-state index in [0.29, 0.717) is 22.8 Å². The SMILES string of the molecule is CN(O)C(=O)C=Cc1ccn(-c2c(F)cc(F)cc2F)c1. The normalized spacial score (nSPS) is 11.1. The molecule has 2 rings (SSSR count). The molecule has 0 aliphatic carbocycles. The Morgan fingerprint density at radius 3 is 2.48 bits per heavy atom. The lowest BCUT2D eigenvalue weighted by molar-refractivity contribution is -0.153. The van der Waals surface area contributed by atoms with Crippen molar-refractivity contribution in [1.82, 2.24) is 9.63 Å². The summed E-state index contributed by atoms with van der Waals surface area (Å²) in [6, 6.07) is 2.67. The molecule has 2 aromatic rings. The standard InChI is InChI=1S/C14H11F3N2O2/c1-18(21)13(20)3-2-9-4-5-19(8-9)14-11(16)6-10(15)7-12(14)17/h2-8,21H,1H3. The quantitative estimate of drug-likeness (QED) is 0.538. The van der Waals surface area contributed by atoms with Gasteiger partial charge in [0.05, 0.1) is 0 Å². The highest BCUT2D eigenvalue weighted by molar-refractivity contribution is 5.90. The zero-order valence-electron chi connectivity index (χ0n) is 10.9. The molecule has 1 heterocycles. The van der Waals surface area contributed by atoms with Gasteiger partial charge in [0.25, 0.3) is 5.91 Å². The molecule has 4 nitrogen and oxygen atoms in total. The minimum absolute atomic E-state index is 0.396. The number of benzene rings is 1. The number of nitrogens with zero attached hydrogens (tertiary/aromatic N) is 2. The molecule has 0 spiro atoms. The number of hydroxylamine groups is 2. The van der Waals surface area contributed by atoms with Crippen molar-refractivity contribution in [3.05, 3.63) is 59.7 Å². The average molecular weight is 296 g/mol. The van der Waals surface area contributed by atoms with Crippen molar-refractivity contribution in [2.24, 2.45) is 0 Å². The number of carbonyl (C=O) groups excluding carboxylic acids is 1. The highest BCUT2D eigenvalue weighted by Gasteiger charge is 2.13. The van der Waals surface area contributed by atoms with Crippen LogP contribution in [0.4, 0.5) is 13.2 Å². The van der Waals surface area contributed by atoms with Crippen molar-refractivity contribution in [1.29, 1.82) is 0 Å². The first kappa shape index (κ1) is 14.9. The second-order valence-corrected chi connectivity index (χ2v) is 4.27. The van der Waals surface area contributed by atoms with Crippen LogP contribution in [0.2, 0.25) is 0 Å². The molecule has 0 fully saturated rings. The van der Waals surface area contributed by atoms with E-state index in [0.717, 1.165) is 10.6 Å². The average Bonchev–Trinajstić information content (AvgIpc) is 2.83. The van der Waals surface area contributed by atoms with Crippen LogP contribution < -0.4 is 0 Å². The molecular weight excluding hydrogens is 285 g/mol. The first-order valence-electron chi connectivity index (χ1n) is 5.86. The number of rotatable bonds is 3. The van der Waals surface area contributed by atoms with Crippen LogP contribution in [0.5, 0.6) is 0 Å². The summed E-state index contributed by atoms with van der Waals surface area (Å²) in [6.45, 7) is 0. The zero-order valence-corrected chi connectivity index (χ0v) is 10.9. The van der Waals surface area contributed by atoms with Crippen molar-refractivity contribution in [2.45, 2.75) is 0 Å². The van der Waals surface area contributed by atoms with Crippen LogP contribution in [0.1, 0.15) is 5.56 Å². The van der Waals surface area contributed by atoms with Crippen LogP contribution in [0.15, 0.2) is 36.7 Å². The van der Waals surface area contributed by atoms with Crippen molar-refractivity contribution in [3.8, 4) is 5.69 Å². The largest absolute Gasteiger partial charge is 0.318 e. The maximum Gasteiger partial charge on any atom is 0.269 e. The molecule has 0 radical (unpaired) electrons. The van der Waals surface area contributed by atoms with Crippen LogP contribution in [0.25, 0.3) is 11.8 Å². The van der Waals surface area contributed by atoms with Crippen LogP contribution >= 0.6 is 0 Å². The van der Waals surface area contributed by atoms with Gasteiger partial charge in [-0.25, -0.2) is 18.2 Å². The monoisotopic (exact) mass is 296 g/mol. The molecule has 7 heteroatoms. The third kappa shape index (κ3) is 3.32.